The highest BCUT2D eigenvalue weighted by atomic mass is 16.4. The minimum Gasteiger partial charge on any atom is -0.544 e. The second kappa shape index (κ2) is 8.69. The third kappa shape index (κ3) is 5.73. The van der Waals surface area contributed by atoms with E-state index in [4.69, 9.17) is 0 Å². The topological polar surface area (TPSA) is 106 Å². The van der Waals surface area contributed by atoms with E-state index >= 15 is 0 Å². The van der Waals surface area contributed by atoms with Crippen molar-refractivity contribution in [2.24, 2.45) is 0 Å². The van der Waals surface area contributed by atoms with Crippen molar-refractivity contribution < 1.29 is 25.1 Å². The molecule has 4 N–H and O–H groups in total. The van der Waals surface area contributed by atoms with Crippen molar-refractivity contribution in [3.05, 3.63) is 60.2 Å². The van der Waals surface area contributed by atoms with Crippen LogP contribution in [0.25, 0.3) is 0 Å². The van der Waals surface area contributed by atoms with Gasteiger partial charge in [0.05, 0.1) is 18.9 Å². The van der Waals surface area contributed by atoms with E-state index in [2.05, 4.69) is 5.32 Å². The van der Waals surface area contributed by atoms with E-state index in [1.165, 1.54) is 12.1 Å². The first-order valence-electron chi connectivity index (χ1n) is 7.71. The zero-order chi connectivity index (χ0) is 17.4. The number of phenols is 1. The minimum absolute atomic E-state index is 0.0925. The molecule has 0 bridgehead atoms. The number of anilines is 1. The van der Waals surface area contributed by atoms with Gasteiger partial charge < -0.3 is 25.6 Å². The van der Waals surface area contributed by atoms with E-state index < -0.39 is 17.9 Å². The first-order valence-corrected chi connectivity index (χ1v) is 7.71. The molecule has 0 saturated carbocycles. The van der Waals surface area contributed by atoms with Crippen molar-refractivity contribution in [3.8, 4) is 5.75 Å². The zero-order valence-corrected chi connectivity index (χ0v) is 13.1. The number of benzene rings is 2. The lowest BCUT2D eigenvalue weighted by Crippen LogP contribution is -2.93. The Morgan fingerprint density at radius 2 is 1.75 bits per heavy atom. The van der Waals surface area contributed by atoms with Gasteiger partial charge >= 0.3 is 0 Å². The average molecular weight is 328 g/mol. The first-order chi connectivity index (χ1) is 11.5. The molecule has 0 heterocycles. The largest absolute Gasteiger partial charge is 0.544 e. The Bertz CT molecular complexity index is 671. The summed E-state index contributed by atoms with van der Waals surface area (Å²) in [5.41, 5.74) is 1.61. The van der Waals surface area contributed by atoms with E-state index in [9.17, 15) is 19.8 Å². The molecular weight excluding hydrogens is 308 g/mol. The molecule has 6 heteroatoms. The zero-order valence-electron chi connectivity index (χ0n) is 13.1. The Morgan fingerprint density at radius 3 is 2.38 bits per heavy atom. The molecule has 0 unspecified atom stereocenters. The molecule has 0 radical (unpaired) electrons. The van der Waals surface area contributed by atoms with E-state index in [0.717, 1.165) is 5.56 Å². The van der Waals surface area contributed by atoms with Gasteiger partial charge in [-0.25, -0.2) is 0 Å². The van der Waals surface area contributed by atoms with Crippen molar-refractivity contribution in [1.82, 2.24) is 0 Å². The SMILES string of the molecule is O=C(C[C@H]([NH2+]CCc1ccccc1)C(=O)[O-])Nc1ccc(O)cc1. The number of rotatable bonds is 8. The fraction of sp³-hybridized carbons (Fsp3) is 0.222. The summed E-state index contributed by atoms with van der Waals surface area (Å²) < 4.78 is 0. The maximum absolute atomic E-state index is 12.0. The maximum atomic E-state index is 12.0. The second-order valence-electron chi connectivity index (χ2n) is 5.48. The third-order valence-corrected chi connectivity index (χ3v) is 3.59. The summed E-state index contributed by atoms with van der Waals surface area (Å²) in [6.45, 7) is 0.551. The predicted molar refractivity (Wildman–Crippen MR) is 87.1 cm³/mol. The van der Waals surface area contributed by atoms with Gasteiger partial charge in [-0.3, -0.25) is 4.79 Å². The molecule has 0 aromatic heterocycles. The van der Waals surface area contributed by atoms with Crippen LogP contribution in [0.2, 0.25) is 0 Å². The predicted octanol–water partition coefficient (Wildman–Crippen LogP) is -0.355. The Hall–Kier alpha value is -2.86. The summed E-state index contributed by atoms with van der Waals surface area (Å²) in [6, 6.07) is 14.7. The molecule has 0 aliphatic carbocycles. The molecule has 6 nitrogen and oxygen atoms in total. The highest BCUT2D eigenvalue weighted by Crippen LogP contribution is 2.13. The van der Waals surface area contributed by atoms with Crippen LogP contribution < -0.4 is 15.7 Å². The number of hydrogen-bond acceptors (Lipinski definition) is 4. The first kappa shape index (κ1) is 17.5. The quantitative estimate of drug-likeness (QED) is 0.576. The summed E-state index contributed by atoms with van der Waals surface area (Å²) in [5.74, 6) is -1.58. The molecule has 0 aliphatic heterocycles. The van der Waals surface area contributed by atoms with Crippen LogP contribution in [-0.4, -0.2) is 29.6 Å². The van der Waals surface area contributed by atoms with Crippen LogP contribution in [0.5, 0.6) is 5.75 Å². The molecule has 0 saturated heterocycles. The number of quaternary nitrogens is 1. The second-order valence-corrected chi connectivity index (χ2v) is 5.48. The molecule has 24 heavy (non-hydrogen) atoms. The van der Waals surface area contributed by atoms with Crippen molar-refractivity contribution in [2.45, 2.75) is 18.9 Å². The molecule has 0 spiro atoms. The van der Waals surface area contributed by atoms with Crippen LogP contribution >= 0.6 is 0 Å². The molecular formula is C18H20N2O4. The maximum Gasteiger partial charge on any atom is 0.230 e. The van der Waals surface area contributed by atoms with Gasteiger partial charge in [0.2, 0.25) is 5.91 Å². The van der Waals surface area contributed by atoms with E-state index in [-0.39, 0.29) is 12.2 Å². The highest BCUT2D eigenvalue weighted by Gasteiger charge is 2.18. The van der Waals surface area contributed by atoms with Crippen molar-refractivity contribution in [1.29, 1.82) is 0 Å². The lowest BCUT2D eigenvalue weighted by Gasteiger charge is -2.16. The summed E-state index contributed by atoms with van der Waals surface area (Å²) in [4.78, 5) is 23.2. The van der Waals surface area contributed by atoms with Crippen LogP contribution in [0.1, 0.15) is 12.0 Å². The third-order valence-electron chi connectivity index (χ3n) is 3.59. The van der Waals surface area contributed by atoms with E-state index in [1.807, 2.05) is 30.3 Å². The Labute approximate surface area is 140 Å². The number of nitrogens with one attached hydrogen (secondary N) is 1. The standard InChI is InChI=1S/C18H20N2O4/c21-15-8-6-14(7-9-15)20-17(22)12-16(18(23)24)19-11-10-13-4-2-1-3-5-13/h1-9,16,19,21H,10-12H2,(H,20,22)(H,23,24)/t16-/m0/s1. The van der Waals surface area contributed by atoms with Crippen molar-refractivity contribution in [2.75, 3.05) is 11.9 Å². The van der Waals surface area contributed by atoms with Crippen LogP contribution in [0.4, 0.5) is 5.69 Å². The summed E-state index contributed by atoms with van der Waals surface area (Å²) in [6.07, 6.45) is 0.530. The normalized spacial score (nSPS) is 11.7. The number of carbonyl (C=O) groups excluding carboxylic acids is 2. The number of hydrogen-bond donors (Lipinski definition) is 3. The van der Waals surface area contributed by atoms with Crippen molar-refractivity contribution >= 4 is 17.6 Å². The van der Waals surface area contributed by atoms with E-state index in [1.54, 1.807) is 17.4 Å². The van der Waals surface area contributed by atoms with Gasteiger partial charge in [0.1, 0.15) is 11.8 Å². The van der Waals surface area contributed by atoms with Gasteiger partial charge in [-0.1, -0.05) is 30.3 Å². The molecule has 2 rings (SSSR count). The number of carboxylic acid groups (broad SMARTS) is 1. The number of aliphatic carboxylic acids is 1. The molecule has 0 fully saturated rings. The monoisotopic (exact) mass is 328 g/mol. The van der Waals surface area contributed by atoms with E-state index in [0.29, 0.717) is 18.7 Å². The van der Waals surface area contributed by atoms with Gasteiger partial charge in [0, 0.05) is 12.1 Å². The van der Waals surface area contributed by atoms with Crippen molar-refractivity contribution in [3.63, 3.8) is 0 Å². The molecule has 2 aromatic carbocycles. The smallest absolute Gasteiger partial charge is 0.230 e. The summed E-state index contributed by atoms with van der Waals surface area (Å²) in [7, 11) is 0. The summed E-state index contributed by atoms with van der Waals surface area (Å²) >= 11 is 0. The van der Waals surface area contributed by atoms with Crippen LogP contribution in [0, 0.1) is 0 Å². The fourth-order valence-corrected chi connectivity index (χ4v) is 2.32. The van der Waals surface area contributed by atoms with Crippen LogP contribution in [0.15, 0.2) is 54.6 Å². The van der Waals surface area contributed by atoms with Gasteiger partial charge in [0.15, 0.2) is 0 Å². The Morgan fingerprint density at radius 1 is 1.08 bits per heavy atom. The molecule has 1 amide bonds. The minimum atomic E-state index is -1.26. The fourth-order valence-electron chi connectivity index (χ4n) is 2.32. The number of nitrogens with two attached hydrogens (primary N) is 1. The van der Waals surface area contributed by atoms with Gasteiger partial charge in [0.25, 0.3) is 0 Å². The van der Waals surface area contributed by atoms with Crippen LogP contribution in [0.3, 0.4) is 0 Å². The molecule has 1 atom stereocenters. The van der Waals surface area contributed by atoms with Gasteiger partial charge in [-0.05, 0) is 29.8 Å². The lowest BCUT2D eigenvalue weighted by atomic mass is 10.1. The number of carbonyl (C=O) groups is 2. The number of amides is 1. The van der Waals surface area contributed by atoms with Gasteiger partial charge in [-0.2, -0.15) is 0 Å². The Balaban J connectivity index is 1.82. The summed E-state index contributed by atoms with van der Waals surface area (Å²) in [5, 5.41) is 24.6. The van der Waals surface area contributed by atoms with Crippen LogP contribution in [-0.2, 0) is 16.0 Å². The highest BCUT2D eigenvalue weighted by molar-refractivity contribution is 5.93. The molecule has 2 aromatic rings. The van der Waals surface area contributed by atoms with Gasteiger partial charge in [-0.15, -0.1) is 0 Å². The molecule has 0 aliphatic rings. The lowest BCUT2D eigenvalue weighted by molar-refractivity contribution is -0.682. The number of phenolic OH excluding ortho intramolecular Hbond substituents is 1. The Kier molecular flexibility index (Phi) is 6.33. The number of aromatic hydroxyl groups is 1. The number of carboxylic acids is 1. The molecule has 126 valence electrons. The average Bonchev–Trinajstić information content (AvgIpc) is 2.57.